The van der Waals surface area contributed by atoms with E-state index in [0.29, 0.717) is 5.92 Å². The van der Waals surface area contributed by atoms with Gasteiger partial charge in [0.1, 0.15) is 0 Å². The van der Waals surface area contributed by atoms with Crippen LogP contribution in [0.5, 0.6) is 0 Å². The van der Waals surface area contributed by atoms with Crippen molar-refractivity contribution in [1.82, 2.24) is 0 Å². The zero-order valence-corrected chi connectivity index (χ0v) is 34.9. The van der Waals surface area contributed by atoms with E-state index >= 15 is 0 Å². The number of allylic oxidation sites excluding steroid dienone is 10. The van der Waals surface area contributed by atoms with Crippen LogP contribution >= 0.6 is 23.2 Å². The molecule has 3 atom stereocenters. The SMILES string of the molecule is CC12C(=C3Cc4ccccc4C3=C3C=CCCC31)[C](C)([Zr]([C]1=CC=CC1)=[C](c1ccc(Cl)cc1)c1ccc(Cl)cc1)C(C)(C)C(C)(C)C2(C)C. The molecule has 5 aliphatic carbocycles. The van der Waals surface area contributed by atoms with Crippen LogP contribution in [-0.4, -0.2) is 3.21 Å². The Bertz CT molecular complexity index is 2060. The van der Waals surface area contributed by atoms with E-state index in [1.54, 1.807) is 28.8 Å². The van der Waals surface area contributed by atoms with E-state index in [2.05, 4.69) is 159 Å². The third-order valence-corrected chi connectivity index (χ3v) is 25.6. The fourth-order valence-electron chi connectivity index (χ4n) is 11.4. The number of hydrogen-bond donors (Lipinski definition) is 0. The van der Waals surface area contributed by atoms with Gasteiger partial charge in [-0.3, -0.25) is 0 Å². The average molecular weight is 777 g/mol. The summed E-state index contributed by atoms with van der Waals surface area (Å²) in [6.07, 6.45) is 16.7. The first-order chi connectivity index (χ1) is 23.7. The summed E-state index contributed by atoms with van der Waals surface area (Å²) >= 11 is 10.1. The first-order valence-corrected chi connectivity index (χ1v) is 23.0. The van der Waals surface area contributed by atoms with Crippen molar-refractivity contribution >= 4 is 32.0 Å². The van der Waals surface area contributed by atoms with Crippen molar-refractivity contribution in [2.24, 2.45) is 27.6 Å². The third kappa shape index (κ3) is 4.48. The summed E-state index contributed by atoms with van der Waals surface area (Å²) in [6, 6.07) is 26.9. The predicted octanol–water partition coefficient (Wildman–Crippen LogP) is 13.6. The first kappa shape index (κ1) is 34.8. The van der Waals surface area contributed by atoms with E-state index in [9.17, 15) is 0 Å². The molecule has 8 rings (SSSR count). The molecule has 0 aliphatic heterocycles. The van der Waals surface area contributed by atoms with E-state index in [1.807, 2.05) is 0 Å². The molecule has 256 valence electrons. The quantitative estimate of drug-likeness (QED) is 0.248. The number of fused-ring (bicyclic) bond motifs is 6. The van der Waals surface area contributed by atoms with Gasteiger partial charge in [0, 0.05) is 0 Å². The van der Waals surface area contributed by atoms with Gasteiger partial charge in [0.25, 0.3) is 0 Å². The Morgan fingerprint density at radius 1 is 0.720 bits per heavy atom. The molecule has 0 N–H and O–H groups in total. The van der Waals surface area contributed by atoms with Crippen LogP contribution < -0.4 is 0 Å². The van der Waals surface area contributed by atoms with E-state index in [-0.39, 0.29) is 24.8 Å². The molecule has 0 saturated heterocycles. The molecule has 0 nitrogen and oxygen atoms in total. The molecular formula is C47H50Cl2Zr. The van der Waals surface area contributed by atoms with E-state index < -0.39 is 21.3 Å². The molecule has 0 amide bonds. The van der Waals surface area contributed by atoms with Gasteiger partial charge in [-0.1, -0.05) is 0 Å². The maximum absolute atomic E-state index is 6.61. The van der Waals surface area contributed by atoms with Gasteiger partial charge in [-0.2, -0.15) is 0 Å². The van der Waals surface area contributed by atoms with Crippen LogP contribution in [0.15, 0.2) is 123 Å². The van der Waals surface area contributed by atoms with Crippen LogP contribution in [0.3, 0.4) is 0 Å². The fraction of sp³-hybridized carbons (Fsp3) is 0.383. The number of benzene rings is 3. The van der Waals surface area contributed by atoms with Crippen molar-refractivity contribution in [2.75, 3.05) is 0 Å². The van der Waals surface area contributed by atoms with Gasteiger partial charge in [-0.25, -0.2) is 0 Å². The molecule has 1 fully saturated rings. The van der Waals surface area contributed by atoms with Crippen LogP contribution in [0.25, 0.3) is 5.57 Å². The van der Waals surface area contributed by atoms with Crippen molar-refractivity contribution in [3.8, 4) is 0 Å². The molecule has 5 aliphatic rings. The summed E-state index contributed by atoms with van der Waals surface area (Å²) < 4.78 is 3.17. The third-order valence-electron chi connectivity index (χ3n) is 15.3. The van der Waals surface area contributed by atoms with Crippen molar-refractivity contribution in [3.05, 3.63) is 155 Å². The van der Waals surface area contributed by atoms with Gasteiger partial charge in [-0.05, 0) is 0 Å². The van der Waals surface area contributed by atoms with Crippen LogP contribution in [-0.2, 0) is 27.7 Å². The van der Waals surface area contributed by atoms with Crippen molar-refractivity contribution < 1.29 is 21.3 Å². The fourth-order valence-corrected chi connectivity index (χ4v) is 22.9. The van der Waals surface area contributed by atoms with Crippen LogP contribution in [0, 0.1) is 27.6 Å². The molecule has 0 spiro atoms. The van der Waals surface area contributed by atoms with Crippen LogP contribution in [0.1, 0.15) is 96.9 Å². The zero-order chi connectivity index (χ0) is 35.4. The second-order valence-electron chi connectivity index (χ2n) is 17.3. The summed E-state index contributed by atoms with van der Waals surface area (Å²) in [6.45, 7) is 21.4. The molecule has 3 aromatic carbocycles. The summed E-state index contributed by atoms with van der Waals surface area (Å²) in [4.78, 5) is 0. The molecule has 0 bridgehead atoms. The molecule has 0 radical (unpaired) electrons. The van der Waals surface area contributed by atoms with Gasteiger partial charge in [0.2, 0.25) is 0 Å². The summed E-state index contributed by atoms with van der Waals surface area (Å²) in [5, 5.41) is 1.56. The Kier molecular flexibility index (Phi) is 8.24. The summed E-state index contributed by atoms with van der Waals surface area (Å²) in [5.74, 6) is 0.465. The number of rotatable bonds is 4. The standard InChI is InChI=1S/C29H37.C13H8Cl2.C5H5.Zr/c1-18-25-22-17-19-13-9-10-14-20(19)24(22)21-15-11-12-16-23(21)29(25,8)28(6,7)27(4,5)26(18,2)3;14-12-5-1-10(2-6-12)9-11-3-7-13(15)8-4-11;1-2-4-5-3-1;/h9-11,13-15,23H,12,16-17H2,1-8H3;1-8H;1-3H,4H2;. The van der Waals surface area contributed by atoms with Crippen LogP contribution in [0.2, 0.25) is 13.2 Å². The maximum atomic E-state index is 6.61. The average Bonchev–Trinajstić information content (AvgIpc) is 3.76. The Balaban J connectivity index is 1.60. The molecule has 3 aromatic rings. The molecule has 1 saturated carbocycles. The summed E-state index contributed by atoms with van der Waals surface area (Å²) in [7, 11) is 0. The second-order valence-corrected chi connectivity index (χ2v) is 25.3. The van der Waals surface area contributed by atoms with Gasteiger partial charge in [0.05, 0.1) is 0 Å². The topological polar surface area (TPSA) is 0 Å². The second kappa shape index (κ2) is 11.9. The minimum absolute atomic E-state index is 0.00625. The molecule has 0 aromatic heterocycles. The summed E-state index contributed by atoms with van der Waals surface area (Å²) in [5.41, 5.74) is 12.1. The van der Waals surface area contributed by atoms with Crippen LogP contribution in [0.4, 0.5) is 0 Å². The predicted molar refractivity (Wildman–Crippen MR) is 212 cm³/mol. The monoisotopic (exact) mass is 774 g/mol. The van der Waals surface area contributed by atoms with Gasteiger partial charge >= 0.3 is 320 Å². The molecular weight excluding hydrogens is 727 g/mol. The first-order valence-electron chi connectivity index (χ1n) is 18.5. The van der Waals surface area contributed by atoms with E-state index in [1.165, 1.54) is 28.7 Å². The van der Waals surface area contributed by atoms with Crippen molar-refractivity contribution in [1.29, 1.82) is 0 Å². The molecule has 3 unspecified atom stereocenters. The molecule has 3 heteroatoms. The number of hydrogen-bond acceptors (Lipinski definition) is 0. The van der Waals surface area contributed by atoms with Gasteiger partial charge in [-0.15, -0.1) is 0 Å². The van der Waals surface area contributed by atoms with Crippen molar-refractivity contribution in [3.63, 3.8) is 0 Å². The molecule has 50 heavy (non-hydrogen) atoms. The van der Waals surface area contributed by atoms with E-state index in [0.717, 1.165) is 29.3 Å². The van der Waals surface area contributed by atoms with Gasteiger partial charge < -0.3 is 0 Å². The van der Waals surface area contributed by atoms with E-state index in [4.69, 9.17) is 23.2 Å². The molecule has 0 heterocycles. The zero-order valence-electron chi connectivity index (χ0n) is 31.0. The number of halogens is 2. The van der Waals surface area contributed by atoms with Crippen molar-refractivity contribution in [2.45, 2.75) is 84.2 Å². The Morgan fingerprint density at radius 2 is 1.34 bits per heavy atom. The Hall–Kier alpha value is -2.31. The minimum atomic E-state index is -3.09. The normalized spacial score (nSPS) is 28.1. The Labute approximate surface area is 318 Å². The van der Waals surface area contributed by atoms with Gasteiger partial charge in [0.15, 0.2) is 0 Å². The Morgan fingerprint density at radius 3 is 1.94 bits per heavy atom.